The molecule has 3 nitrogen and oxygen atoms in total. The highest BCUT2D eigenvalue weighted by atomic mass is 28.4. The Morgan fingerprint density at radius 3 is 1.97 bits per heavy atom. The smallest absolute Gasteiger partial charge is 0.331 e. The van der Waals surface area contributed by atoms with Gasteiger partial charge in [-0.3, -0.25) is 0 Å². The summed E-state index contributed by atoms with van der Waals surface area (Å²) in [5, 5.41) is 2.63. The standard InChI is InChI=1S/C27H36O3Si/c1-21(20-22(2)25-16-17-26(28)30-25)18-19-29-31(27(3,4)5,23-12-8-6-9-13-23)24-14-10-7-11-15-24/h6-17,21-22,25H,18-20H2,1-5H3/t21-,22-,25-/m1/s1. The predicted molar refractivity (Wildman–Crippen MR) is 130 cm³/mol. The van der Waals surface area contributed by atoms with Crippen molar-refractivity contribution in [3.05, 3.63) is 72.8 Å². The van der Waals surface area contributed by atoms with Crippen LogP contribution in [0.15, 0.2) is 72.8 Å². The summed E-state index contributed by atoms with van der Waals surface area (Å²) in [5.41, 5.74) is 0. The molecule has 0 radical (unpaired) electrons. The molecule has 0 N–H and O–H groups in total. The van der Waals surface area contributed by atoms with E-state index in [0.717, 1.165) is 19.4 Å². The second-order valence-electron chi connectivity index (χ2n) is 9.88. The van der Waals surface area contributed by atoms with Crippen molar-refractivity contribution in [3.63, 3.8) is 0 Å². The Bertz CT molecular complexity index is 831. The number of esters is 1. The van der Waals surface area contributed by atoms with Crippen molar-refractivity contribution in [1.29, 1.82) is 0 Å². The van der Waals surface area contributed by atoms with Crippen molar-refractivity contribution < 1.29 is 14.0 Å². The van der Waals surface area contributed by atoms with Gasteiger partial charge >= 0.3 is 5.97 Å². The minimum Gasteiger partial charge on any atom is -0.455 e. The predicted octanol–water partition coefficient (Wildman–Crippen LogP) is 5.10. The van der Waals surface area contributed by atoms with Crippen molar-refractivity contribution >= 4 is 24.7 Å². The Balaban J connectivity index is 1.75. The molecule has 0 aliphatic carbocycles. The van der Waals surface area contributed by atoms with Crippen LogP contribution in [0.1, 0.15) is 47.5 Å². The molecule has 4 heteroatoms. The fourth-order valence-corrected chi connectivity index (χ4v) is 9.33. The van der Waals surface area contributed by atoms with Crippen LogP contribution in [-0.2, 0) is 14.0 Å². The molecule has 0 aromatic heterocycles. The summed E-state index contributed by atoms with van der Waals surface area (Å²) in [7, 11) is -2.47. The van der Waals surface area contributed by atoms with Crippen LogP contribution in [0.2, 0.25) is 5.04 Å². The molecule has 166 valence electrons. The van der Waals surface area contributed by atoms with Crippen molar-refractivity contribution in [2.45, 2.75) is 58.6 Å². The van der Waals surface area contributed by atoms with Gasteiger partial charge in [0, 0.05) is 12.7 Å². The van der Waals surface area contributed by atoms with Gasteiger partial charge in [-0.25, -0.2) is 4.79 Å². The highest BCUT2D eigenvalue weighted by molar-refractivity contribution is 6.99. The van der Waals surface area contributed by atoms with Gasteiger partial charge in [0.05, 0.1) is 0 Å². The first-order valence-corrected chi connectivity index (χ1v) is 13.3. The van der Waals surface area contributed by atoms with E-state index in [4.69, 9.17) is 9.16 Å². The molecule has 2 aromatic carbocycles. The third-order valence-electron chi connectivity index (χ3n) is 6.36. The van der Waals surface area contributed by atoms with Crippen molar-refractivity contribution in [1.82, 2.24) is 0 Å². The monoisotopic (exact) mass is 436 g/mol. The van der Waals surface area contributed by atoms with E-state index in [2.05, 4.69) is 95.3 Å². The molecule has 31 heavy (non-hydrogen) atoms. The van der Waals surface area contributed by atoms with Gasteiger partial charge in [0.25, 0.3) is 8.32 Å². The summed E-state index contributed by atoms with van der Waals surface area (Å²) >= 11 is 0. The SMILES string of the molecule is C[C@H](CCO[Si](c1ccccc1)(c1ccccc1)C(C)(C)C)C[C@@H](C)[C@H]1C=CC(=O)O1. The van der Waals surface area contributed by atoms with Crippen LogP contribution < -0.4 is 10.4 Å². The third-order valence-corrected chi connectivity index (χ3v) is 11.4. The van der Waals surface area contributed by atoms with Gasteiger partial charge in [-0.2, -0.15) is 0 Å². The molecule has 1 aliphatic rings. The number of rotatable bonds is 9. The summed E-state index contributed by atoms with van der Waals surface area (Å²) in [6.45, 7) is 12.1. The van der Waals surface area contributed by atoms with E-state index in [1.165, 1.54) is 16.4 Å². The molecule has 0 spiro atoms. The lowest BCUT2D eigenvalue weighted by molar-refractivity contribution is -0.140. The summed E-state index contributed by atoms with van der Waals surface area (Å²) in [4.78, 5) is 11.4. The summed E-state index contributed by atoms with van der Waals surface area (Å²) in [5.74, 6) is 0.575. The maximum Gasteiger partial charge on any atom is 0.331 e. The van der Waals surface area contributed by atoms with E-state index in [1.807, 2.05) is 6.08 Å². The van der Waals surface area contributed by atoms with Crippen LogP contribution in [0.4, 0.5) is 0 Å². The number of ether oxygens (including phenoxy) is 1. The zero-order chi connectivity index (χ0) is 22.5. The van der Waals surface area contributed by atoms with Gasteiger partial charge in [0.15, 0.2) is 0 Å². The maximum absolute atomic E-state index is 11.4. The fraction of sp³-hybridized carbons (Fsp3) is 0.444. The second kappa shape index (κ2) is 9.97. The van der Waals surface area contributed by atoms with E-state index in [1.54, 1.807) is 0 Å². The zero-order valence-corrected chi connectivity index (χ0v) is 20.5. The van der Waals surface area contributed by atoms with Crippen LogP contribution in [0.5, 0.6) is 0 Å². The number of carbonyl (C=O) groups is 1. The molecular formula is C27H36O3Si. The Hall–Kier alpha value is -2.17. The van der Waals surface area contributed by atoms with E-state index in [-0.39, 0.29) is 17.1 Å². The van der Waals surface area contributed by atoms with Crippen LogP contribution in [-0.4, -0.2) is 27.0 Å². The molecule has 0 bridgehead atoms. The number of cyclic esters (lactones) is 1. The third kappa shape index (κ3) is 5.36. The Morgan fingerprint density at radius 2 is 1.52 bits per heavy atom. The minimum absolute atomic E-state index is 0.00488. The zero-order valence-electron chi connectivity index (χ0n) is 19.5. The lowest BCUT2D eigenvalue weighted by Crippen LogP contribution is -2.66. The molecule has 3 atom stereocenters. The van der Waals surface area contributed by atoms with Crippen molar-refractivity contribution in [3.8, 4) is 0 Å². The number of hydrogen-bond donors (Lipinski definition) is 0. The minimum atomic E-state index is -2.47. The summed E-state index contributed by atoms with van der Waals surface area (Å²) in [6, 6.07) is 21.6. The van der Waals surface area contributed by atoms with Crippen LogP contribution in [0, 0.1) is 11.8 Å². The highest BCUT2D eigenvalue weighted by Crippen LogP contribution is 2.37. The van der Waals surface area contributed by atoms with Gasteiger partial charge in [-0.1, -0.05) is 95.3 Å². The van der Waals surface area contributed by atoms with E-state index >= 15 is 0 Å². The molecule has 1 heterocycles. The molecule has 0 amide bonds. The average molecular weight is 437 g/mol. The summed E-state index contributed by atoms with van der Waals surface area (Å²) < 4.78 is 12.4. The summed E-state index contributed by atoms with van der Waals surface area (Å²) in [6.07, 6.45) is 5.33. The Kier molecular flexibility index (Phi) is 7.55. The van der Waals surface area contributed by atoms with Gasteiger partial charge < -0.3 is 9.16 Å². The number of carbonyl (C=O) groups excluding carboxylic acids is 1. The van der Waals surface area contributed by atoms with Gasteiger partial charge in [-0.05, 0) is 46.2 Å². The average Bonchev–Trinajstić information content (AvgIpc) is 3.18. The lowest BCUT2D eigenvalue weighted by atomic mass is 9.91. The van der Waals surface area contributed by atoms with E-state index in [9.17, 15) is 4.79 Å². The second-order valence-corrected chi connectivity index (χ2v) is 14.2. The molecular weight excluding hydrogens is 400 g/mol. The normalized spacial score (nSPS) is 18.6. The van der Waals surface area contributed by atoms with Gasteiger partial charge in [0.2, 0.25) is 0 Å². The lowest BCUT2D eigenvalue weighted by Gasteiger charge is -2.43. The molecule has 0 saturated carbocycles. The first kappa shape index (κ1) is 23.5. The Morgan fingerprint density at radius 1 is 0.968 bits per heavy atom. The first-order chi connectivity index (χ1) is 14.7. The molecule has 1 aliphatic heterocycles. The van der Waals surface area contributed by atoms with E-state index < -0.39 is 8.32 Å². The largest absolute Gasteiger partial charge is 0.455 e. The molecule has 2 aromatic rings. The van der Waals surface area contributed by atoms with Crippen LogP contribution in [0.25, 0.3) is 0 Å². The number of benzene rings is 2. The molecule has 0 saturated heterocycles. The number of hydrogen-bond acceptors (Lipinski definition) is 3. The van der Waals surface area contributed by atoms with Crippen molar-refractivity contribution in [2.75, 3.05) is 6.61 Å². The van der Waals surface area contributed by atoms with Gasteiger partial charge in [0.1, 0.15) is 6.10 Å². The quantitative estimate of drug-likeness (QED) is 0.405. The molecule has 3 rings (SSSR count). The van der Waals surface area contributed by atoms with Gasteiger partial charge in [-0.15, -0.1) is 0 Å². The molecule has 0 fully saturated rings. The first-order valence-electron chi connectivity index (χ1n) is 11.4. The van der Waals surface area contributed by atoms with Crippen molar-refractivity contribution in [2.24, 2.45) is 11.8 Å². The van der Waals surface area contributed by atoms with Crippen LogP contribution >= 0.6 is 0 Å². The van der Waals surface area contributed by atoms with Crippen LogP contribution in [0.3, 0.4) is 0 Å². The highest BCUT2D eigenvalue weighted by Gasteiger charge is 2.50. The maximum atomic E-state index is 11.4. The Labute approximate surface area is 188 Å². The van der Waals surface area contributed by atoms with E-state index in [0.29, 0.717) is 11.8 Å². The fourth-order valence-electron chi connectivity index (χ4n) is 4.75. The topological polar surface area (TPSA) is 35.5 Å². The molecule has 0 unspecified atom stereocenters.